The number of amides is 2. The highest BCUT2D eigenvalue weighted by Crippen LogP contribution is 1.90. The van der Waals surface area contributed by atoms with Gasteiger partial charge in [0.15, 0.2) is 0 Å². The van der Waals surface area contributed by atoms with E-state index in [0.717, 1.165) is 0 Å². The summed E-state index contributed by atoms with van der Waals surface area (Å²) in [5.41, 5.74) is 0. The number of rotatable bonds is 0. The van der Waals surface area contributed by atoms with E-state index in [2.05, 4.69) is 0 Å². The van der Waals surface area contributed by atoms with Crippen LogP contribution < -0.4 is 0 Å². The van der Waals surface area contributed by atoms with Gasteiger partial charge in [0.25, 0.3) is 0 Å². The molecule has 0 rings (SSSR count). The Labute approximate surface area is 60.4 Å². The first-order valence-corrected chi connectivity index (χ1v) is 2.95. The molecular weight excluding hydrogens is 132 g/mol. The molecule has 0 aliphatic rings. The highest BCUT2D eigenvalue weighted by atomic mass is 16.2. The van der Waals surface area contributed by atoms with Crippen LogP contribution >= 0.6 is 0 Å². The molecular formula is C6H12N2O2. The van der Waals surface area contributed by atoms with Gasteiger partial charge in [-0.1, -0.05) is 0 Å². The molecule has 0 spiro atoms. The predicted molar refractivity (Wildman–Crippen MR) is 36.9 cm³/mol. The van der Waals surface area contributed by atoms with Crippen molar-refractivity contribution in [3.05, 3.63) is 0 Å². The molecule has 0 saturated heterocycles. The molecule has 10 heavy (non-hydrogen) atoms. The molecule has 0 aromatic rings. The fraction of sp³-hybridized carbons (Fsp3) is 0.667. The molecule has 0 aliphatic heterocycles. The van der Waals surface area contributed by atoms with E-state index in [4.69, 9.17) is 0 Å². The molecule has 4 nitrogen and oxygen atoms in total. The third kappa shape index (κ3) is 2.05. The summed E-state index contributed by atoms with van der Waals surface area (Å²) in [4.78, 5) is 21.2. The number of hydrogen-bond donors (Lipinski definition) is 0. The summed E-state index contributed by atoms with van der Waals surface area (Å²) in [6, 6.07) is 0. The smallest absolute Gasteiger partial charge is 0.237 e. The van der Waals surface area contributed by atoms with E-state index in [1.54, 1.807) is 14.1 Å². The highest BCUT2D eigenvalue weighted by Gasteiger charge is 2.10. The van der Waals surface area contributed by atoms with Gasteiger partial charge in [0.2, 0.25) is 11.8 Å². The van der Waals surface area contributed by atoms with Crippen molar-refractivity contribution in [2.75, 3.05) is 14.1 Å². The molecule has 0 radical (unpaired) electrons. The van der Waals surface area contributed by atoms with Crippen LogP contribution in [0.3, 0.4) is 0 Å². The standard InChI is InChI=1S/C6H12N2O2/c1-5(9)7(3)8(4)6(2)10/h1-4H3. The molecule has 0 aromatic heterocycles. The maximum absolute atomic E-state index is 10.6. The number of hydrogen-bond acceptors (Lipinski definition) is 2. The first-order valence-electron chi connectivity index (χ1n) is 2.95. The second kappa shape index (κ2) is 3.20. The zero-order valence-corrected chi connectivity index (χ0v) is 6.71. The van der Waals surface area contributed by atoms with Crippen LogP contribution in [-0.2, 0) is 9.59 Å². The molecule has 58 valence electrons. The Morgan fingerprint density at radius 1 is 0.900 bits per heavy atom. The van der Waals surface area contributed by atoms with Gasteiger partial charge in [0.05, 0.1) is 0 Å². The molecule has 2 amide bonds. The minimum Gasteiger partial charge on any atom is -0.273 e. The van der Waals surface area contributed by atoms with Gasteiger partial charge in [-0.3, -0.25) is 19.6 Å². The van der Waals surface area contributed by atoms with Crippen molar-refractivity contribution in [1.29, 1.82) is 0 Å². The van der Waals surface area contributed by atoms with Gasteiger partial charge in [-0.05, 0) is 0 Å². The van der Waals surface area contributed by atoms with Crippen LogP contribution in [0.1, 0.15) is 13.8 Å². The normalized spacial score (nSPS) is 8.80. The summed E-state index contributed by atoms with van der Waals surface area (Å²) in [6.45, 7) is 2.80. The molecule has 0 fully saturated rings. The zero-order chi connectivity index (χ0) is 8.31. The Balaban J connectivity index is 4.07. The first-order chi connectivity index (χ1) is 4.46. The van der Waals surface area contributed by atoms with Crippen molar-refractivity contribution in [3.8, 4) is 0 Å². The van der Waals surface area contributed by atoms with E-state index in [1.807, 2.05) is 0 Å². The number of carbonyl (C=O) groups excluding carboxylic acids is 2. The number of nitrogens with zero attached hydrogens (tertiary/aromatic N) is 2. The molecule has 0 aromatic carbocycles. The van der Waals surface area contributed by atoms with E-state index in [9.17, 15) is 9.59 Å². The maximum atomic E-state index is 10.6. The van der Waals surface area contributed by atoms with Crippen LogP contribution in [0.4, 0.5) is 0 Å². The Morgan fingerprint density at radius 3 is 1.20 bits per heavy atom. The molecule has 0 atom stereocenters. The van der Waals surface area contributed by atoms with Crippen LogP contribution in [0.15, 0.2) is 0 Å². The van der Waals surface area contributed by atoms with E-state index in [0.29, 0.717) is 0 Å². The monoisotopic (exact) mass is 144 g/mol. The zero-order valence-electron chi connectivity index (χ0n) is 6.71. The fourth-order valence-electron chi connectivity index (χ4n) is 0.422. The van der Waals surface area contributed by atoms with Crippen molar-refractivity contribution in [2.24, 2.45) is 0 Å². The molecule has 0 aliphatic carbocycles. The third-order valence-corrected chi connectivity index (χ3v) is 1.36. The second-order valence-electron chi connectivity index (χ2n) is 2.09. The molecule has 0 saturated carbocycles. The van der Waals surface area contributed by atoms with Crippen molar-refractivity contribution >= 4 is 11.8 Å². The van der Waals surface area contributed by atoms with Crippen LogP contribution in [0.2, 0.25) is 0 Å². The third-order valence-electron chi connectivity index (χ3n) is 1.36. The molecule has 0 unspecified atom stereocenters. The van der Waals surface area contributed by atoms with Gasteiger partial charge in [-0.2, -0.15) is 0 Å². The Kier molecular flexibility index (Phi) is 2.86. The van der Waals surface area contributed by atoms with E-state index in [-0.39, 0.29) is 11.8 Å². The van der Waals surface area contributed by atoms with Crippen LogP contribution in [0, 0.1) is 0 Å². The lowest BCUT2D eigenvalue weighted by Crippen LogP contribution is -2.42. The molecule has 0 heterocycles. The van der Waals surface area contributed by atoms with Gasteiger partial charge in [0, 0.05) is 27.9 Å². The van der Waals surface area contributed by atoms with E-state index < -0.39 is 0 Å². The molecule has 0 bridgehead atoms. The van der Waals surface area contributed by atoms with Crippen LogP contribution in [-0.4, -0.2) is 35.9 Å². The molecule has 4 heteroatoms. The van der Waals surface area contributed by atoms with Crippen LogP contribution in [0.25, 0.3) is 0 Å². The predicted octanol–water partition coefficient (Wildman–Crippen LogP) is -0.142. The van der Waals surface area contributed by atoms with E-state index >= 15 is 0 Å². The Bertz CT molecular complexity index is 138. The fourth-order valence-corrected chi connectivity index (χ4v) is 0.422. The quantitative estimate of drug-likeness (QED) is 0.444. The van der Waals surface area contributed by atoms with Crippen molar-refractivity contribution < 1.29 is 9.59 Å². The summed E-state index contributed by atoms with van der Waals surface area (Å²) in [7, 11) is 3.09. The molecule has 0 N–H and O–H groups in total. The summed E-state index contributed by atoms with van der Waals surface area (Å²) in [5, 5.41) is 2.50. The lowest BCUT2D eigenvalue weighted by molar-refractivity contribution is -0.154. The lowest BCUT2D eigenvalue weighted by atomic mass is 10.6. The van der Waals surface area contributed by atoms with Crippen LogP contribution in [0.5, 0.6) is 0 Å². The minimum atomic E-state index is -0.155. The summed E-state index contributed by atoms with van der Waals surface area (Å²) >= 11 is 0. The average Bonchev–Trinajstić information content (AvgIpc) is 1.84. The van der Waals surface area contributed by atoms with Gasteiger partial charge >= 0.3 is 0 Å². The van der Waals surface area contributed by atoms with Crippen molar-refractivity contribution in [1.82, 2.24) is 10.0 Å². The largest absolute Gasteiger partial charge is 0.273 e. The SMILES string of the molecule is CC(=O)N(C)N(C)C(C)=O. The number of carbonyl (C=O) groups is 2. The Hall–Kier alpha value is -1.06. The summed E-state index contributed by atoms with van der Waals surface area (Å²) in [5.74, 6) is -0.310. The van der Waals surface area contributed by atoms with Crippen molar-refractivity contribution in [3.63, 3.8) is 0 Å². The Morgan fingerprint density at radius 2 is 1.10 bits per heavy atom. The highest BCUT2D eigenvalue weighted by molar-refractivity contribution is 5.78. The first kappa shape index (κ1) is 8.94. The van der Waals surface area contributed by atoms with Gasteiger partial charge < -0.3 is 0 Å². The minimum absolute atomic E-state index is 0.155. The lowest BCUT2D eigenvalue weighted by Gasteiger charge is -2.25. The topological polar surface area (TPSA) is 40.6 Å². The second-order valence-corrected chi connectivity index (χ2v) is 2.09. The van der Waals surface area contributed by atoms with Gasteiger partial charge in [-0.15, -0.1) is 0 Å². The average molecular weight is 144 g/mol. The summed E-state index contributed by atoms with van der Waals surface area (Å²) < 4.78 is 0. The van der Waals surface area contributed by atoms with Gasteiger partial charge in [-0.25, -0.2) is 0 Å². The number of hydrazine groups is 1. The van der Waals surface area contributed by atoms with E-state index in [1.165, 1.54) is 23.9 Å². The summed E-state index contributed by atoms with van der Waals surface area (Å²) in [6.07, 6.45) is 0. The van der Waals surface area contributed by atoms with Crippen molar-refractivity contribution in [2.45, 2.75) is 13.8 Å². The maximum Gasteiger partial charge on any atom is 0.237 e. The van der Waals surface area contributed by atoms with Gasteiger partial charge in [0.1, 0.15) is 0 Å².